The van der Waals surface area contributed by atoms with Crippen LogP contribution in [0.1, 0.15) is 23.0 Å². The van der Waals surface area contributed by atoms with Crippen molar-refractivity contribution >= 4 is 5.97 Å². The van der Waals surface area contributed by atoms with E-state index in [1.54, 1.807) is 37.8 Å². The quantitative estimate of drug-likeness (QED) is 0.755. The van der Waals surface area contributed by atoms with E-state index in [0.717, 1.165) is 0 Å². The first-order valence-corrected chi connectivity index (χ1v) is 5.27. The third kappa shape index (κ3) is 2.06. The average Bonchev–Trinajstić information content (AvgIpc) is 2.85. The van der Waals surface area contributed by atoms with Crippen LogP contribution >= 0.6 is 0 Å². The number of hydrogen-bond donors (Lipinski definition) is 0. The molecule has 90 valence electrons. The van der Waals surface area contributed by atoms with Crippen molar-refractivity contribution in [3.8, 4) is 11.4 Å². The number of aryl methyl sites for hydroxylation is 2. The first-order valence-electron chi connectivity index (χ1n) is 5.27. The molecule has 17 heavy (non-hydrogen) atoms. The van der Waals surface area contributed by atoms with Gasteiger partial charge in [0.05, 0.1) is 6.61 Å². The van der Waals surface area contributed by atoms with Gasteiger partial charge >= 0.3 is 5.97 Å². The molecule has 0 N–H and O–H groups in total. The first kappa shape index (κ1) is 11.4. The number of carbonyl (C=O) groups excluding carboxylic acids is 1. The van der Waals surface area contributed by atoms with Gasteiger partial charge in [-0.05, 0) is 19.9 Å². The summed E-state index contributed by atoms with van der Waals surface area (Å²) in [6.45, 7) is 3.73. The maximum absolute atomic E-state index is 11.8. The van der Waals surface area contributed by atoms with Crippen LogP contribution in [0.25, 0.3) is 11.4 Å². The standard InChI is InChI=1S/C11H13N3O3/c1-4-16-11(15)9-7(2)17-13-10(9)8-5-6-14(3)12-8/h5-6H,4H2,1-3H3. The Morgan fingerprint density at radius 3 is 2.94 bits per heavy atom. The van der Waals surface area contributed by atoms with Crippen molar-refractivity contribution in [3.05, 3.63) is 23.6 Å². The number of carbonyl (C=O) groups is 1. The molecule has 2 aromatic rings. The number of nitrogens with zero attached hydrogens (tertiary/aromatic N) is 3. The predicted octanol–water partition coefficient (Wildman–Crippen LogP) is 1.56. The molecule has 0 atom stereocenters. The van der Waals surface area contributed by atoms with Crippen LogP contribution in [0.4, 0.5) is 0 Å². The summed E-state index contributed by atoms with van der Waals surface area (Å²) in [5, 5.41) is 8.03. The smallest absolute Gasteiger partial charge is 0.344 e. The average molecular weight is 235 g/mol. The lowest BCUT2D eigenvalue weighted by Gasteiger charge is -2.00. The van der Waals surface area contributed by atoms with Crippen molar-refractivity contribution in [2.24, 2.45) is 7.05 Å². The monoisotopic (exact) mass is 235 g/mol. The predicted molar refractivity (Wildman–Crippen MR) is 59.4 cm³/mol. The number of hydrogen-bond acceptors (Lipinski definition) is 5. The third-order valence-corrected chi connectivity index (χ3v) is 2.30. The zero-order chi connectivity index (χ0) is 12.4. The molecular weight excluding hydrogens is 222 g/mol. The summed E-state index contributed by atoms with van der Waals surface area (Å²) >= 11 is 0. The molecule has 0 unspecified atom stereocenters. The minimum Gasteiger partial charge on any atom is -0.462 e. The van der Waals surface area contributed by atoms with Crippen molar-refractivity contribution in [2.75, 3.05) is 6.61 Å². The van der Waals surface area contributed by atoms with E-state index in [1.807, 2.05) is 0 Å². The van der Waals surface area contributed by atoms with Crippen LogP contribution in [0, 0.1) is 6.92 Å². The van der Waals surface area contributed by atoms with Gasteiger partial charge < -0.3 is 9.26 Å². The lowest BCUT2D eigenvalue weighted by molar-refractivity contribution is 0.0525. The molecule has 2 rings (SSSR count). The summed E-state index contributed by atoms with van der Waals surface area (Å²) in [5.41, 5.74) is 1.35. The van der Waals surface area contributed by atoms with E-state index in [9.17, 15) is 4.79 Å². The van der Waals surface area contributed by atoms with E-state index in [4.69, 9.17) is 9.26 Å². The molecule has 0 aliphatic rings. The Bertz CT molecular complexity index is 542. The minimum atomic E-state index is -0.438. The maximum atomic E-state index is 11.8. The summed E-state index contributed by atoms with van der Waals surface area (Å²) in [4.78, 5) is 11.8. The van der Waals surface area contributed by atoms with Gasteiger partial charge in [0.1, 0.15) is 22.7 Å². The topological polar surface area (TPSA) is 70.2 Å². The fourth-order valence-electron chi connectivity index (χ4n) is 1.53. The molecule has 0 bridgehead atoms. The number of esters is 1. The van der Waals surface area contributed by atoms with Crippen molar-refractivity contribution in [1.29, 1.82) is 0 Å². The molecule has 0 radical (unpaired) electrons. The van der Waals surface area contributed by atoms with Crippen LogP contribution in [0.5, 0.6) is 0 Å². The summed E-state index contributed by atoms with van der Waals surface area (Å²) in [7, 11) is 1.79. The normalized spacial score (nSPS) is 10.5. The number of rotatable bonds is 3. The van der Waals surface area contributed by atoms with E-state index in [2.05, 4.69) is 10.3 Å². The first-order chi connectivity index (χ1) is 8.13. The van der Waals surface area contributed by atoms with E-state index in [1.165, 1.54) is 0 Å². The van der Waals surface area contributed by atoms with Gasteiger partial charge in [-0.15, -0.1) is 0 Å². The van der Waals surface area contributed by atoms with Crippen LogP contribution in [0.2, 0.25) is 0 Å². The van der Waals surface area contributed by atoms with Crippen LogP contribution in [-0.4, -0.2) is 27.5 Å². The molecule has 0 aromatic carbocycles. The Morgan fingerprint density at radius 1 is 1.59 bits per heavy atom. The van der Waals surface area contributed by atoms with Crippen LogP contribution in [0.15, 0.2) is 16.8 Å². The van der Waals surface area contributed by atoms with Crippen molar-refractivity contribution in [2.45, 2.75) is 13.8 Å². The van der Waals surface area contributed by atoms with Gasteiger partial charge in [-0.1, -0.05) is 5.16 Å². The van der Waals surface area contributed by atoms with Crippen LogP contribution in [-0.2, 0) is 11.8 Å². The number of ether oxygens (including phenoxy) is 1. The SMILES string of the molecule is CCOC(=O)c1c(-c2ccn(C)n2)noc1C. The Balaban J connectivity index is 2.45. The van der Waals surface area contributed by atoms with Crippen LogP contribution in [0.3, 0.4) is 0 Å². The molecule has 2 heterocycles. The fourth-order valence-corrected chi connectivity index (χ4v) is 1.53. The second-order valence-electron chi connectivity index (χ2n) is 3.56. The van der Waals surface area contributed by atoms with Crippen molar-refractivity contribution in [3.63, 3.8) is 0 Å². The van der Waals surface area contributed by atoms with Gasteiger partial charge in [0, 0.05) is 13.2 Å². The highest BCUT2D eigenvalue weighted by molar-refractivity contribution is 5.96. The van der Waals surface area contributed by atoms with Crippen molar-refractivity contribution in [1.82, 2.24) is 14.9 Å². The molecule has 6 nitrogen and oxygen atoms in total. The lowest BCUT2D eigenvalue weighted by atomic mass is 10.1. The van der Waals surface area contributed by atoms with Gasteiger partial charge in [0.15, 0.2) is 0 Å². The summed E-state index contributed by atoms with van der Waals surface area (Å²) in [6.07, 6.45) is 1.77. The van der Waals surface area contributed by atoms with E-state index < -0.39 is 5.97 Å². The molecule has 0 spiro atoms. The maximum Gasteiger partial charge on any atom is 0.344 e. The highest BCUT2D eigenvalue weighted by atomic mass is 16.5. The Kier molecular flexibility index (Phi) is 2.95. The van der Waals surface area contributed by atoms with E-state index in [0.29, 0.717) is 29.3 Å². The Morgan fingerprint density at radius 2 is 2.35 bits per heavy atom. The highest BCUT2D eigenvalue weighted by Crippen LogP contribution is 2.24. The molecule has 0 amide bonds. The van der Waals surface area contributed by atoms with Crippen molar-refractivity contribution < 1.29 is 14.1 Å². The third-order valence-electron chi connectivity index (χ3n) is 2.30. The number of aromatic nitrogens is 3. The summed E-state index contributed by atoms with van der Waals surface area (Å²) in [6, 6.07) is 1.76. The molecule has 0 saturated heterocycles. The largest absolute Gasteiger partial charge is 0.462 e. The Hall–Kier alpha value is -2.11. The Labute approximate surface area is 98.2 Å². The van der Waals surface area contributed by atoms with Gasteiger partial charge in [-0.25, -0.2) is 4.79 Å². The molecule has 2 aromatic heterocycles. The van der Waals surface area contributed by atoms with Gasteiger partial charge in [-0.3, -0.25) is 4.68 Å². The van der Waals surface area contributed by atoms with Gasteiger partial charge in [0.2, 0.25) is 0 Å². The second kappa shape index (κ2) is 4.40. The molecule has 0 saturated carbocycles. The molecule has 0 aliphatic carbocycles. The van der Waals surface area contributed by atoms with E-state index in [-0.39, 0.29) is 0 Å². The fraction of sp³-hybridized carbons (Fsp3) is 0.364. The zero-order valence-corrected chi connectivity index (χ0v) is 9.93. The van der Waals surface area contributed by atoms with Gasteiger partial charge in [0.25, 0.3) is 0 Å². The zero-order valence-electron chi connectivity index (χ0n) is 9.93. The van der Waals surface area contributed by atoms with Gasteiger partial charge in [-0.2, -0.15) is 5.10 Å². The van der Waals surface area contributed by atoms with E-state index >= 15 is 0 Å². The highest BCUT2D eigenvalue weighted by Gasteiger charge is 2.23. The summed E-state index contributed by atoms with van der Waals surface area (Å²) < 4.78 is 11.6. The van der Waals surface area contributed by atoms with Crippen LogP contribution < -0.4 is 0 Å². The second-order valence-corrected chi connectivity index (χ2v) is 3.56. The lowest BCUT2D eigenvalue weighted by Crippen LogP contribution is -2.06. The summed E-state index contributed by atoms with van der Waals surface area (Å²) in [5.74, 6) is -0.00370. The minimum absolute atomic E-state index is 0.311. The molecule has 6 heteroatoms. The molecular formula is C11H13N3O3. The molecule has 0 fully saturated rings. The molecule has 0 aliphatic heterocycles.